The molecule has 0 spiro atoms. The van der Waals surface area contributed by atoms with Crippen molar-refractivity contribution in [1.82, 2.24) is 0 Å². The highest BCUT2D eigenvalue weighted by molar-refractivity contribution is 4.82. The molecule has 3 nitrogen and oxygen atoms in total. The molecule has 0 amide bonds. The van der Waals surface area contributed by atoms with Crippen LogP contribution in [0.25, 0.3) is 0 Å². The lowest BCUT2D eigenvalue weighted by Gasteiger charge is -2.11. The SMILES string of the molecule is C=CC(CCC)C(C)[N+](=O)[O-]. The van der Waals surface area contributed by atoms with Gasteiger partial charge in [-0.3, -0.25) is 10.1 Å². The maximum Gasteiger partial charge on any atom is 0.216 e. The summed E-state index contributed by atoms with van der Waals surface area (Å²) in [5.74, 6) is 0.0231. The van der Waals surface area contributed by atoms with Gasteiger partial charge in [-0.1, -0.05) is 19.4 Å². The molecule has 0 aliphatic heterocycles. The second-order valence-corrected chi connectivity index (χ2v) is 2.71. The van der Waals surface area contributed by atoms with Gasteiger partial charge in [-0.15, -0.1) is 6.58 Å². The van der Waals surface area contributed by atoms with Gasteiger partial charge < -0.3 is 0 Å². The minimum Gasteiger partial charge on any atom is -0.264 e. The minimum atomic E-state index is -0.493. The van der Waals surface area contributed by atoms with Gasteiger partial charge in [0.1, 0.15) is 0 Å². The van der Waals surface area contributed by atoms with Gasteiger partial charge >= 0.3 is 0 Å². The fourth-order valence-electron chi connectivity index (χ4n) is 1.05. The molecular formula is C8H15NO2. The highest BCUT2D eigenvalue weighted by Crippen LogP contribution is 2.14. The molecule has 2 atom stereocenters. The Morgan fingerprint density at radius 2 is 2.27 bits per heavy atom. The third-order valence-electron chi connectivity index (χ3n) is 1.88. The lowest BCUT2D eigenvalue weighted by Crippen LogP contribution is -2.24. The van der Waals surface area contributed by atoms with E-state index >= 15 is 0 Å². The zero-order chi connectivity index (χ0) is 8.85. The summed E-state index contributed by atoms with van der Waals surface area (Å²) in [6.45, 7) is 7.22. The molecule has 3 heteroatoms. The molecule has 0 saturated heterocycles. The maximum atomic E-state index is 10.3. The predicted octanol–water partition coefficient (Wildman–Crippen LogP) is 2.25. The minimum absolute atomic E-state index is 0.0231. The van der Waals surface area contributed by atoms with Crippen LogP contribution in [0.2, 0.25) is 0 Å². The first-order valence-corrected chi connectivity index (χ1v) is 3.89. The Balaban J connectivity index is 4.01. The molecular weight excluding hydrogens is 142 g/mol. The van der Waals surface area contributed by atoms with E-state index in [9.17, 15) is 10.1 Å². The normalized spacial score (nSPS) is 15.5. The zero-order valence-electron chi connectivity index (χ0n) is 7.12. The molecule has 2 unspecified atom stereocenters. The summed E-state index contributed by atoms with van der Waals surface area (Å²) in [6, 6.07) is -0.493. The Labute approximate surface area is 67.3 Å². The molecule has 0 rings (SSSR count). The van der Waals surface area contributed by atoms with Crippen molar-refractivity contribution in [2.24, 2.45) is 5.92 Å². The van der Waals surface area contributed by atoms with Crippen LogP contribution in [0.5, 0.6) is 0 Å². The number of hydrogen-bond donors (Lipinski definition) is 0. The van der Waals surface area contributed by atoms with Crippen molar-refractivity contribution in [1.29, 1.82) is 0 Å². The summed E-state index contributed by atoms with van der Waals surface area (Å²) in [5.41, 5.74) is 0. The van der Waals surface area contributed by atoms with Gasteiger partial charge in [0.2, 0.25) is 6.04 Å². The van der Waals surface area contributed by atoms with Crippen molar-refractivity contribution in [3.63, 3.8) is 0 Å². The van der Waals surface area contributed by atoms with Gasteiger partial charge in [-0.25, -0.2) is 0 Å². The molecule has 64 valence electrons. The highest BCUT2D eigenvalue weighted by Gasteiger charge is 2.22. The van der Waals surface area contributed by atoms with Crippen molar-refractivity contribution in [2.75, 3.05) is 0 Å². The second-order valence-electron chi connectivity index (χ2n) is 2.71. The molecule has 0 aromatic carbocycles. The Morgan fingerprint density at radius 3 is 2.55 bits per heavy atom. The molecule has 0 aliphatic carbocycles. The van der Waals surface area contributed by atoms with Crippen LogP contribution in [0.3, 0.4) is 0 Å². The Bertz CT molecular complexity index is 145. The molecule has 0 aromatic rings. The van der Waals surface area contributed by atoms with Crippen LogP contribution in [0.15, 0.2) is 12.7 Å². The predicted molar refractivity (Wildman–Crippen MR) is 45.1 cm³/mol. The van der Waals surface area contributed by atoms with Crippen LogP contribution in [0.4, 0.5) is 0 Å². The average Bonchev–Trinajstić information content (AvgIpc) is 1.98. The summed E-state index contributed by atoms with van der Waals surface area (Å²) in [5, 5.41) is 10.3. The smallest absolute Gasteiger partial charge is 0.216 e. The van der Waals surface area contributed by atoms with Crippen molar-refractivity contribution in [2.45, 2.75) is 32.7 Å². The molecule has 0 saturated carbocycles. The lowest BCUT2D eigenvalue weighted by molar-refractivity contribution is -0.525. The molecule has 0 bridgehead atoms. The molecule has 0 fully saturated rings. The number of nitrogens with zero attached hydrogens (tertiary/aromatic N) is 1. The van der Waals surface area contributed by atoms with E-state index in [-0.39, 0.29) is 10.8 Å². The van der Waals surface area contributed by atoms with Gasteiger partial charge in [-0.05, 0) is 6.42 Å². The number of hydrogen-bond acceptors (Lipinski definition) is 2. The Morgan fingerprint density at radius 1 is 1.73 bits per heavy atom. The van der Waals surface area contributed by atoms with E-state index in [0.717, 1.165) is 12.8 Å². The van der Waals surface area contributed by atoms with Crippen molar-refractivity contribution >= 4 is 0 Å². The van der Waals surface area contributed by atoms with E-state index in [1.54, 1.807) is 13.0 Å². The number of rotatable bonds is 5. The Kier molecular flexibility index (Phi) is 4.50. The van der Waals surface area contributed by atoms with Gasteiger partial charge in [0.05, 0.1) is 0 Å². The van der Waals surface area contributed by atoms with E-state index in [2.05, 4.69) is 6.58 Å². The standard InChI is InChI=1S/C8H15NO2/c1-4-6-8(5-2)7(3)9(10)11/h5,7-8H,2,4,6H2,1,3H3. The van der Waals surface area contributed by atoms with Crippen LogP contribution >= 0.6 is 0 Å². The van der Waals surface area contributed by atoms with Crippen molar-refractivity contribution < 1.29 is 4.92 Å². The van der Waals surface area contributed by atoms with Crippen LogP contribution in [0, 0.1) is 16.0 Å². The third-order valence-corrected chi connectivity index (χ3v) is 1.88. The second kappa shape index (κ2) is 4.88. The molecule has 0 heterocycles. The van der Waals surface area contributed by atoms with Gasteiger partial charge in [0, 0.05) is 17.8 Å². The summed E-state index contributed by atoms with van der Waals surface area (Å²) in [4.78, 5) is 10.1. The first-order valence-electron chi connectivity index (χ1n) is 3.89. The van der Waals surface area contributed by atoms with Crippen LogP contribution in [-0.4, -0.2) is 11.0 Å². The number of nitro groups is 1. The van der Waals surface area contributed by atoms with E-state index in [4.69, 9.17) is 0 Å². The van der Waals surface area contributed by atoms with Gasteiger partial charge in [0.25, 0.3) is 0 Å². The van der Waals surface area contributed by atoms with Gasteiger partial charge in [-0.2, -0.15) is 0 Å². The largest absolute Gasteiger partial charge is 0.264 e. The Hall–Kier alpha value is -0.860. The van der Waals surface area contributed by atoms with E-state index in [1.165, 1.54) is 0 Å². The molecule has 0 radical (unpaired) electrons. The zero-order valence-corrected chi connectivity index (χ0v) is 7.12. The monoisotopic (exact) mass is 157 g/mol. The van der Waals surface area contributed by atoms with E-state index < -0.39 is 6.04 Å². The first-order chi connectivity index (χ1) is 5.13. The lowest BCUT2D eigenvalue weighted by atomic mass is 9.97. The summed E-state index contributed by atoms with van der Waals surface area (Å²) in [6.07, 6.45) is 3.50. The van der Waals surface area contributed by atoms with Crippen molar-refractivity contribution in [3.8, 4) is 0 Å². The summed E-state index contributed by atoms with van der Waals surface area (Å²) < 4.78 is 0. The third kappa shape index (κ3) is 3.16. The topological polar surface area (TPSA) is 43.1 Å². The first kappa shape index (κ1) is 10.1. The summed E-state index contributed by atoms with van der Waals surface area (Å²) in [7, 11) is 0. The molecule has 0 aromatic heterocycles. The van der Waals surface area contributed by atoms with Gasteiger partial charge in [0.15, 0.2) is 0 Å². The van der Waals surface area contributed by atoms with Crippen molar-refractivity contribution in [3.05, 3.63) is 22.8 Å². The molecule has 11 heavy (non-hydrogen) atoms. The van der Waals surface area contributed by atoms with Crippen LogP contribution < -0.4 is 0 Å². The van der Waals surface area contributed by atoms with Crippen LogP contribution in [0.1, 0.15) is 26.7 Å². The fourth-order valence-corrected chi connectivity index (χ4v) is 1.05. The molecule has 0 aliphatic rings. The van der Waals surface area contributed by atoms with Crippen LogP contribution in [-0.2, 0) is 0 Å². The van der Waals surface area contributed by atoms with E-state index in [1.807, 2.05) is 6.92 Å². The van der Waals surface area contributed by atoms with E-state index in [0.29, 0.717) is 0 Å². The summed E-state index contributed by atoms with van der Waals surface area (Å²) >= 11 is 0. The quantitative estimate of drug-likeness (QED) is 0.349. The average molecular weight is 157 g/mol. The highest BCUT2D eigenvalue weighted by atomic mass is 16.6. The molecule has 0 N–H and O–H groups in total. The maximum absolute atomic E-state index is 10.3. The fraction of sp³-hybridized carbons (Fsp3) is 0.750.